The summed E-state index contributed by atoms with van der Waals surface area (Å²) in [6.07, 6.45) is 1.50. The molecule has 2 heterocycles. The van der Waals surface area contributed by atoms with Crippen LogP contribution in [0.1, 0.15) is 30.4 Å². The third kappa shape index (κ3) is 3.52. The highest BCUT2D eigenvalue weighted by Crippen LogP contribution is 2.30. The number of carboxylic acids is 1. The predicted octanol–water partition coefficient (Wildman–Crippen LogP) is 1.98. The Kier molecular flexibility index (Phi) is 4.79. The highest BCUT2D eigenvalue weighted by molar-refractivity contribution is 6.01. The van der Waals surface area contributed by atoms with Gasteiger partial charge >= 0.3 is 5.97 Å². The zero-order valence-corrected chi connectivity index (χ0v) is 14.7. The van der Waals surface area contributed by atoms with Crippen molar-refractivity contribution >= 4 is 23.5 Å². The second kappa shape index (κ2) is 6.86. The maximum Gasteiger partial charge on any atom is 0.308 e. The van der Waals surface area contributed by atoms with E-state index in [1.807, 2.05) is 32.0 Å². The fraction of sp³-hybridized carbons (Fsp3) is 0.526. The first-order valence-corrected chi connectivity index (χ1v) is 8.76. The van der Waals surface area contributed by atoms with Gasteiger partial charge in [-0.1, -0.05) is 12.1 Å². The average molecular weight is 344 g/mol. The summed E-state index contributed by atoms with van der Waals surface area (Å²) in [6, 6.07) is 5.96. The zero-order chi connectivity index (χ0) is 18.1. The van der Waals surface area contributed by atoms with E-state index in [9.17, 15) is 19.5 Å². The number of hydrogen-bond acceptors (Lipinski definition) is 3. The molecule has 2 fully saturated rings. The topological polar surface area (TPSA) is 77.9 Å². The molecule has 0 aromatic heterocycles. The normalized spacial score (nSPS) is 23.8. The standard InChI is InChI=1S/C19H24N2O4/c1-12-5-6-13(2)16(8-12)21-11-15(9-17(21)22)18(23)20-7-3-4-14(10-20)19(24)25/h5-6,8,14-15H,3-4,7,9-11H2,1-2H3,(H,24,25)/t14-,15+/m0/s1. The highest BCUT2D eigenvalue weighted by Gasteiger charge is 2.39. The molecule has 2 saturated heterocycles. The Hall–Kier alpha value is -2.37. The number of carboxylic acid groups (broad SMARTS) is 1. The Morgan fingerprint density at radius 3 is 2.64 bits per heavy atom. The number of carbonyl (C=O) groups excluding carboxylic acids is 2. The first kappa shape index (κ1) is 17.5. The van der Waals surface area contributed by atoms with Crippen LogP contribution in [-0.4, -0.2) is 47.4 Å². The van der Waals surface area contributed by atoms with E-state index in [1.165, 1.54) is 0 Å². The summed E-state index contributed by atoms with van der Waals surface area (Å²) in [4.78, 5) is 39.8. The van der Waals surface area contributed by atoms with E-state index >= 15 is 0 Å². The minimum absolute atomic E-state index is 0.0427. The number of amides is 2. The van der Waals surface area contributed by atoms with Gasteiger partial charge in [-0.2, -0.15) is 0 Å². The number of hydrogen-bond donors (Lipinski definition) is 1. The molecule has 1 N–H and O–H groups in total. The molecule has 0 unspecified atom stereocenters. The molecule has 25 heavy (non-hydrogen) atoms. The molecule has 0 aliphatic carbocycles. The average Bonchev–Trinajstić information content (AvgIpc) is 2.98. The number of carbonyl (C=O) groups is 3. The summed E-state index contributed by atoms with van der Waals surface area (Å²) in [6.45, 7) is 5.14. The van der Waals surface area contributed by atoms with Crippen molar-refractivity contribution in [3.8, 4) is 0 Å². The first-order valence-electron chi connectivity index (χ1n) is 8.76. The second-order valence-electron chi connectivity index (χ2n) is 7.16. The van der Waals surface area contributed by atoms with E-state index in [0.29, 0.717) is 25.9 Å². The molecule has 0 saturated carbocycles. The van der Waals surface area contributed by atoms with Crippen LogP contribution in [0.25, 0.3) is 0 Å². The molecule has 0 spiro atoms. The number of piperidine rings is 1. The lowest BCUT2D eigenvalue weighted by Gasteiger charge is -2.32. The fourth-order valence-electron chi connectivity index (χ4n) is 3.75. The number of nitrogens with zero attached hydrogens (tertiary/aromatic N) is 2. The minimum Gasteiger partial charge on any atom is -0.481 e. The molecular weight excluding hydrogens is 320 g/mol. The van der Waals surface area contributed by atoms with E-state index in [2.05, 4.69) is 0 Å². The highest BCUT2D eigenvalue weighted by atomic mass is 16.4. The van der Waals surface area contributed by atoms with Gasteiger partial charge in [-0.15, -0.1) is 0 Å². The van der Waals surface area contributed by atoms with Gasteiger partial charge in [0.2, 0.25) is 11.8 Å². The number of benzene rings is 1. The Morgan fingerprint density at radius 2 is 1.92 bits per heavy atom. The SMILES string of the molecule is Cc1ccc(C)c(N2C[C@H](C(=O)N3CCC[C@H](C(=O)O)C3)CC2=O)c1. The van der Waals surface area contributed by atoms with E-state index in [-0.39, 0.29) is 30.7 Å². The van der Waals surface area contributed by atoms with Crippen molar-refractivity contribution in [2.45, 2.75) is 33.1 Å². The van der Waals surface area contributed by atoms with Crippen LogP contribution in [0.3, 0.4) is 0 Å². The van der Waals surface area contributed by atoms with Crippen molar-refractivity contribution in [2.24, 2.45) is 11.8 Å². The lowest BCUT2D eigenvalue weighted by atomic mass is 9.96. The van der Waals surface area contributed by atoms with Gasteiger partial charge in [0, 0.05) is 31.7 Å². The predicted molar refractivity (Wildman–Crippen MR) is 93.3 cm³/mol. The summed E-state index contributed by atoms with van der Waals surface area (Å²) in [5.74, 6) is -1.87. The van der Waals surface area contributed by atoms with Crippen LogP contribution in [0, 0.1) is 25.7 Å². The molecule has 6 nitrogen and oxygen atoms in total. The van der Waals surface area contributed by atoms with Gasteiger partial charge < -0.3 is 14.9 Å². The molecule has 1 aromatic rings. The Bertz CT molecular complexity index is 715. The lowest BCUT2D eigenvalue weighted by Crippen LogP contribution is -2.45. The maximum atomic E-state index is 12.8. The molecular formula is C19H24N2O4. The molecule has 3 rings (SSSR count). The second-order valence-corrected chi connectivity index (χ2v) is 7.16. The molecule has 2 aliphatic rings. The van der Waals surface area contributed by atoms with Crippen LogP contribution < -0.4 is 4.90 Å². The summed E-state index contributed by atoms with van der Waals surface area (Å²) < 4.78 is 0. The molecule has 2 atom stereocenters. The fourth-order valence-corrected chi connectivity index (χ4v) is 3.75. The van der Waals surface area contributed by atoms with Crippen molar-refractivity contribution in [3.05, 3.63) is 29.3 Å². The van der Waals surface area contributed by atoms with Crippen LogP contribution in [-0.2, 0) is 14.4 Å². The van der Waals surface area contributed by atoms with Crippen LogP contribution >= 0.6 is 0 Å². The third-order valence-electron chi connectivity index (χ3n) is 5.21. The molecule has 6 heteroatoms. The quantitative estimate of drug-likeness (QED) is 0.909. The van der Waals surface area contributed by atoms with Crippen LogP contribution in [0.2, 0.25) is 0 Å². The van der Waals surface area contributed by atoms with Crippen molar-refractivity contribution in [1.82, 2.24) is 4.90 Å². The van der Waals surface area contributed by atoms with Crippen molar-refractivity contribution < 1.29 is 19.5 Å². The summed E-state index contributed by atoms with van der Waals surface area (Å²) in [5, 5.41) is 9.19. The largest absolute Gasteiger partial charge is 0.481 e. The van der Waals surface area contributed by atoms with Gasteiger partial charge in [-0.05, 0) is 43.9 Å². The van der Waals surface area contributed by atoms with Gasteiger partial charge in [-0.25, -0.2) is 0 Å². The maximum absolute atomic E-state index is 12.8. The lowest BCUT2D eigenvalue weighted by molar-refractivity contribution is -0.146. The Morgan fingerprint density at radius 1 is 1.16 bits per heavy atom. The van der Waals surface area contributed by atoms with Crippen LogP contribution in [0.4, 0.5) is 5.69 Å². The third-order valence-corrected chi connectivity index (χ3v) is 5.21. The van der Waals surface area contributed by atoms with E-state index < -0.39 is 11.9 Å². The molecule has 2 amide bonds. The number of likely N-dealkylation sites (tertiary alicyclic amines) is 1. The van der Waals surface area contributed by atoms with Gasteiger partial charge in [0.1, 0.15) is 0 Å². The zero-order valence-electron chi connectivity index (χ0n) is 14.7. The van der Waals surface area contributed by atoms with E-state index in [0.717, 1.165) is 16.8 Å². The van der Waals surface area contributed by atoms with Crippen LogP contribution in [0.15, 0.2) is 18.2 Å². The molecule has 2 aliphatic heterocycles. The monoisotopic (exact) mass is 344 g/mol. The van der Waals surface area contributed by atoms with Gasteiger partial charge in [0.25, 0.3) is 0 Å². The van der Waals surface area contributed by atoms with Crippen LogP contribution in [0.5, 0.6) is 0 Å². The molecule has 0 radical (unpaired) electrons. The summed E-state index contributed by atoms with van der Waals surface area (Å²) >= 11 is 0. The molecule has 134 valence electrons. The smallest absolute Gasteiger partial charge is 0.308 e. The van der Waals surface area contributed by atoms with E-state index in [4.69, 9.17) is 0 Å². The van der Waals surface area contributed by atoms with Crippen molar-refractivity contribution in [2.75, 3.05) is 24.5 Å². The van der Waals surface area contributed by atoms with Crippen molar-refractivity contribution in [3.63, 3.8) is 0 Å². The Labute approximate surface area is 147 Å². The first-order chi connectivity index (χ1) is 11.9. The summed E-state index contributed by atoms with van der Waals surface area (Å²) in [7, 11) is 0. The Balaban J connectivity index is 1.72. The number of aryl methyl sites for hydroxylation is 2. The molecule has 0 bridgehead atoms. The summed E-state index contributed by atoms with van der Waals surface area (Å²) in [5.41, 5.74) is 2.95. The molecule has 1 aromatic carbocycles. The van der Waals surface area contributed by atoms with Gasteiger partial charge in [-0.3, -0.25) is 14.4 Å². The number of rotatable bonds is 3. The van der Waals surface area contributed by atoms with Gasteiger partial charge in [0.05, 0.1) is 11.8 Å². The van der Waals surface area contributed by atoms with Crippen molar-refractivity contribution in [1.29, 1.82) is 0 Å². The number of aliphatic carboxylic acids is 1. The van der Waals surface area contributed by atoms with E-state index in [1.54, 1.807) is 9.80 Å². The number of anilines is 1. The minimum atomic E-state index is -0.850. The van der Waals surface area contributed by atoms with Gasteiger partial charge in [0.15, 0.2) is 0 Å².